The number of amides is 1. The van der Waals surface area contributed by atoms with Gasteiger partial charge in [0, 0.05) is 36.6 Å². The molecule has 1 aliphatic rings. The summed E-state index contributed by atoms with van der Waals surface area (Å²) in [4.78, 5) is 16.5. The van der Waals surface area contributed by atoms with E-state index in [0.29, 0.717) is 31.7 Å². The van der Waals surface area contributed by atoms with Gasteiger partial charge in [-0.3, -0.25) is 4.79 Å². The molecule has 4 rings (SSSR count). The molecule has 0 saturated heterocycles. The topological polar surface area (TPSA) is 57.7 Å². The summed E-state index contributed by atoms with van der Waals surface area (Å²) < 4.78 is 28.1. The second-order valence-electron chi connectivity index (χ2n) is 7.70. The summed E-state index contributed by atoms with van der Waals surface area (Å²) >= 11 is 1.68. The van der Waals surface area contributed by atoms with Gasteiger partial charge in [0.1, 0.15) is 0 Å². The van der Waals surface area contributed by atoms with Crippen molar-refractivity contribution < 1.29 is 13.2 Å². The number of rotatable bonds is 7. The van der Waals surface area contributed by atoms with E-state index < -0.39 is 10.0 Å². The van der Waals surface area contributed by atoms with Gasteiger partial charge in [-0.15, -0.1) is 11.3 Å². The molecule has 162 valence electrons. The summed E-state index contributed by atoms with van der Waals surface area (Å²) in [5.41, 5.74) is 2.52. The Morgan fingerprint density at radius 3 is 2.68 bits per heavy atom. The van der Waals surface area contributed by atoms with Gasteiger partial charge in [-0.25, -0.2) is 8.42 Å². The van der Waals surface area contributed by atoms with Crippen molar-refractivity contribution in [2.24, 2.45) is 0 Å². The third-order valence-electron chi connectivity index (χ3n) is 5.49. The van der Waals surface area contributed by atoms with Crippen molar-refractivity contribution in [2.45, 2.75) is 37.8 Å². The average molecular weight is 455 g/mol. The third-order valence-corrected chi connectivity index (χ3v) is 8.35. The minimum Gasteiger partial charge on any atom is -0.334 e. The van der Waals surface area contributed by atoms with E-state index in [1.165, 1.54) is 15.2 Å². The monoisotopic (exact) mass is 454 g/mol. The second-order valence-corrected chi connectivity index (χ2v) is 10.6. The van der Waals surface area contributed by atoms with E-state index in [9.17, 15) is 13.2 Å². The molecule has 2 aromatic carbocycles. The summed E-state index contributed by atoms with van der Waals surface area (Å²) in [7, 11) is -3.67. The number of hydrogen-bond donors (Lipinski definition) is 0. The number of benzene rings is 2. The molecule has 31 heavy (non-hydrogen) atoms. The molecule has 0 bridgehead atoms. The number of fused-ring (bicyclic) bond motifs is 1. The smallest absolute Gasteiger partial charge is 0.254 e. The molecule has 5 nitrogen and oxygen atoms in total. The number of nitrogens with zero attached hydrogens (tertiary/aromatic N) is 2. The minimum absolute atomic E-state index is 0.151. The molecule has 0 saturated carbocycles. The lowest BCUT2D eigenvalue weighted by Gasteiger charge is -2.27. The molecule has 0 unspecified atom stereocenters. The number of hydrogen-bond acceptors (Lipinski definition) is 4. The lowest BCUT2D eigenvalue weighted by molar-refractivity contribution is 0.0743. The molecule has 0 N–H and O–H groups in total. The molecule has 0 aliphatic carbocycles. The molecule has 1 aromatic heterocycles. The van der Waals surface area contributed by atoms with Crippen LogP contribution >= 0.6 is 11.3 Å². The Balaban J connectivity index is 1.57. The van der Waals surface area contributed by atoms with E-state index >= 15 is 0 Å². The highest BCUT2D eigenvalue weighted by Crippen LogP contribution is 2.28. The lowest BCUT2D eigenvalue weighted by Crippen LogP contribution is -2.35. The molecule has 3 aromatic rings. The first-order valence-electron chi connectivity index (χ1n) is 10.5. The van der Waals surface area contributed by atoms with E-state index in [1.54, 1.807) is 34.4 Å². The van der Waals surface area contributed by atoms with Crippen LogP contribution in [-0.4, -0.2) is 36.6 Å². The van der Waals surface area contributed by atoms with Gasteiger partial charge in [0.25, 0.3) is 5.91 Å². The summed E-state index contributed by atoms with van der Waals surface area (Å²) in [6, 6.07) is 18.3. The maximum absolute atomic E-state index is 13.3. The Labute approximate surface area is 188 Å². The van der Waals surface area contributed by atoms with Crippen LogP contribution in [0.4, 0.5) is 0 Å². The van der Waals surface area contributed by atoms with Gasteiger partial charge in [-0.1, -0.05) is 43.3 Å². The predicted molar refractivity (Wildman–Crippen MR) is 124 cm³/mol. The SMILES string of the molecule is CCCN(Cc1ccccc1)C(=O)c1cccc(S(=O)(=O)N2CCc3sccc3C2)c1. The van der Waals surface area contributed by atoms with E-state index in [0.717, 1.165) is 24.0 Å². The Morgan fingerprint density at radius 2 is 1.90 bits per heavy atom. The number of thiophene rings is 1. The van der Waals surface area contributed by atoms with E-state index in [2.05, 4.69) is 0 Å². The molecular formula is C24H26N2O3S2. The standard InChI is InChI=1S/C24H26N2O3S2/c1-2-13-25(17-19-7-4-3-5-8-19)24(27)20-9-6-10-22(16-20)31(28,29)26-14-11-23-21(18-26)12-15-30-23/h3-10,12,15-16H,2,11,13-14,17-18H2,1H3. The van der Waals surface area contributed by atoms with Crippen molar-refractivity contribution in [2.75, 3.05) is 13.1 Å². The number of carbonyl (C=O) groups excluding carboxylic acids is 1. The van der Waals surface area contributed by atoms with Gasteiger partial charge < -0.3 is 4.90 Å². The van der Waals surface area contributed by atoms with Gasteiger partial charge in [0.2, 0.25) is 10.0 Å². The summed E-state index contributed by atoms with van der Waals surface area (Å²) in [6.07, 6.45) is 1.56. The van der Waals surface area contributed by atoms with Gasteiger partial charge in [-0.2, -0.15) is 4.31 Å². The minimum atomic E-state index is -3.67. The van der Waals surface area contributed by atoms with Crippen LogP contribution in [0.2, 0.25) is 0 Å². The molecular weight excluding hydrogens is 428 g/mol. The average Bonchev–Trinajstić information content (AvgIpc) is 3.27. The highest BCUT2D eigenvalue weighted by molar-refractivity contribution is 7.89. The first-order chi connectivity index (χ1) is 15.0. The van der Waals surface area contributed by atoms with Crippen molar-refractivity contribution >= 4 is 27.3 Å². The highest BCUT2D eigenvalue weighted by Gasteiger charge is 2.29. The number of carbonyl (C=O) groups is 1. The fourth-order valence-corrected chi connectivity index (χ4v) is 6.23. The van der Waals surface area contributed by atoms with Crippen LogP contribution in [0.3, 0.4) is 0 Å². The van der Waals surface area contributed by atoms with Crippen molar-refractivity contribution in [3.8, 4) is 0 Å². The summed E-state index contributed by atoms with van der Waals surface area (Å²) in [6.45, 7) is 3.98. The normalized spacial score (nSPS) is 14.2. The molecule has 0 atom stereocenters. The van der Waals surface area contributed by atoms with E-state index in [-0.39, 0.29) is 10.8 Å². The predicted octanol–water partition coefficient (Wildman–Crippen LogP) is 4.55. The summed E-state index contributed by atoms with van der Waals surface area (Å²) in [5, 5.41) is 2.01. The third kappa shape index (κ3) is 4.74. The zero-order chi connectivity index (χ0) is 21.8. The molecule has 7 heteroatoms. The lowest BCUT2D eigenvalue weighted by atomic mass is 10.1. The van der Waals surface area contributed by atoms with Gasteiger partial charge in [0.15, 0.2) is 0 Å². The number of sulfonamides is 1. The van der Waals surface area contributed by atoms with Crippen LogP contribution in [0.15, 0.2) is 70.9 Å². The maximum atomic E-state index is 13.3. The molecule has 0 spiro atoms. The molecule has 1 amide bonds. The van der Waals surface area contributed by atoms with Gasteiger partial charge >= 0.3 is 0 Å². The Hall–Kier alpha value is -2.48. The van der Waals surface area contributed by atoms with Gasteiger partial charge in [0.05, 0.1) is 4.90 Å². The zero-order valence-corrected chi connectivity index (χ0v) is 19.2. The molecule has 2 heterocycles. The largest absolute Gasteiger partial charge is 0.334 e. The fraction of sp³-hybridized carbons (Fsp3) is 0.292. The van der Waals surface area contributed by atoms with Crippen LogP contribution < -0.4 is 0 Å². The Morgan fingerprint density at radius 1 is 1.10 bits per heavy atom. The maximum Gasteiger partial charge on any atom is 0.254 e. The second kappa shape index (κ2) is 9.34. The van der Waals surface area contributed by atoms with E-state index in [1.807, 2.05) is 48.7 Å². The molecule has 1 aliphatic heterocycles. The van der Waals surface area contributed by atoms with Gasteiger partial charge in [-0.05, 0) is 53.6 Å². The first kappa shape index (κ1) is 21.7. The van der Waals surface area contributed by atoms with Crippen molar-refractivity contribution in [1.29, 1.82) is 0 Å². The van der Waals surface area contributed by atoms with Crippen LogP contribution in [0.1, 0.15) is 39.7 Å². The molecule has 0 fully saturated rings. The molecule has 0 radical (unpaired) electrons. The van der Waals surface area contributed by atoms with Crippen molar-refractivity contribution in [3.63, 3.8) is 0 Å². The highest BCUT2D eigenvalue weighted by atomic mass is 32.2. The fourth-order valence-electron chi connectivity index (χ4n) is 3.88. The van der Waals surface area contributed by atoms with E-state index in [4.69, 9.17) is 0 Å². The van der Waals surface area contributed by atoms with Crippen LogP contribution in [0.25, 0.3) is 0 Å². The summed E-state index contributed by atoms with van der Waals surface area (Å²) in [5.74, 6) is -0.151. The van der Waals surface area contributed by atoms with Crippen LogP contribution in [0.5, 0.6) is 0 Å². The zero-order valence-electron chi connectivity index (χ0n) is 17.5. The van der Waals surface area contributed by atoms with Crippen molar-refractivity contribution in [1.82, 2.24) is 9.21 Å². The first-order valence-corrected chi connectivity index (χ1v) is 12.8. The quantitative estimate of drug-likeness (QED) is 0.526. The Bertz CT molecular complexity index is 1160. The Kier molecular flexibility index (Phi) is 6.55. The van der Waals surface area contributed by atoms with Crippen molar-refractivity contribution in [3.05, 3.63) is 87.6 Å². The van der Waals surface area contributed by atoms with Crippen LogP contribution in [-0.2, 0) is 29.5 Å². The van der Waals surface area contributed by atoms with Crippen LogP contribution in [0, 0.1) is 0 Å².